The Morgan fingerprint density at radius 1 is 1.31 bits per heavy atom. The normalized spacial score (nSPS) is 11.4. The number of carbonyl (C=O) groups excluding carboxylic acids is 1. The van der Waals surface area contributed by atoms with E-state index in [0.29, 0.717) is 5.56 Å². The maximum Gasteiger partial charge on any atom is 0.208 e. The van der Waals surface area contributed by atoms with Gasteiger partial charge in [0.05, 0.1) is 6.26 Å². The molecule has 1 aromatic carbocycles. The maximum absolute atomic E-state index is 12.6. The molecule has 1 aromatic rings. The molecule has 0 unspecified atom stereocenters. The van der Waals surface area contributed by atoms with Gasteiger partial charge < -0.3 is 0 Å². The second-order valence-corrected chi connectivity index (χ2v) is 5.18. The number of benzene rings is 1. The van der Waals surface area contributed by atoms with Crippen molar-refractivity contribution in [3.8, 4) is 0 Å². The summed E-state index contributed by atoms with van der Waals surface area (Å²) in [5, 5.41) is 0. The lowest BCUT2D eigenvalue weighted by atomic mass is 10.1. The van der Waals surface area contributed by atoms with Gasteiger partial charge in [-0.2, -0.15) is 0 Å². The molecule has 0 saturated heterocycles. The van der Waals surface area contributed by atoms with Gasteiger partial charge in [-0.25, -0.2) is 17.5 Å². The van der Waals surface area contributed by atoms with E-state index in [4.69, 9.17) is 0 Å². The largest absolute Gasteiger partial charge is 0.294 e. The fourth-order valence-corrected chi connectivity index (χ4v) is 1.60. The summed E-state index contributed by atoms with van der Waals surface area (Å²) in [6, 6.07) is 5.13. The Hall–Kier alpha value is -1.27. The summed E-state index contributed by atoms with van der Waals surface area (Å²) in [6.45, 7) is 0.0506. The van der Waals surface area contributed by atoms with E-state index < -0.39 is 15.8 Å². The Bertz CT molecular complexity index is 467. The van der Waals surface area contributed by atoms with Gasteiger partial charge in [0.2, 0.25) is 10.0 Å². The molecule has 0 heterocycles. The molecule has 88 valence electrons. The smallest absolute Gasteiger partial charge is 0.208 e. The van der Waals surface area contributed by atoms with Gasteiger partial charge in [0.25, 0.3) is 0 Å². The minimum absolute atomic E-state index is 0.0506. The van der Waals surface area contributed by atoms with Crippen molar-refractivity contribution in [2.45, 2.75) is 6.42 Å². The van der Waals surface area contributed by atoms with Crippen LogP contribution in [-0.4, -0.2) is 27.0 Å². The Morgan fingerprint density at radius 2 is 1.88 bits per heavy atom. The highest BCUT2D eigenvalue weighted by Gasteiger charge is 2.07. The van der Waals surface area contributed by atoms with Crippen LogP contribution in [0.1, 0.15) is 16.8 Å². The Labute approximate surface area is 93.5 Å². The number of halogens is 1. The van der Waals surface area contributed by atoms with Crippen molar-refractivity contribution >= 4 is 15.8 Å². The van der Waals surface area contributed by atoms with Crippen LogP contribution in [0.3, 0.4) is 0 Å². The number of ketones is 1. The van der Waals surface area contributed by atoms with E-state index in [2.05, 4.69) is 4.72 Å². The molecule has 0 fully saturated rings. The lowest BCUT2D eigenvalue weighted by molar-refractivity contribution is 0.0984. The van der Waals surface area contributed by atoms with Crippen LogP contribution in [0.5, 0.6) is 0 Å². The van der Waals surface area contributed by atoms with Crippen molar-refractivity contribution in [2.24, 2.45) is 0 Å². The average Bonchev–Trinajstić information content (AvgIpc) is 2.16. The summed E-state index contributed by atoms with van der Waals surface area (Å²) in [4.78, 5) is 11.5. The molecule has 0 radical (unpaired) electrons. The number of Topliss-reactive ketones (excluding diaryl/α,β-unsaturated/α-hetero) is 1. The van der Waals surface area contributed by atoms with Crippen LogP contribution >= 0.6 is 0 Å². The van der Waals surface area contributed by atoms with Gasteiger partial charge in [-0.05, 0) is 24.3 Å². The van der Waals surface area contributed by atoms with E-state index in [1.165, 1.54) is 24.3 Å². The summed E-state index contributed by atoms with van der Waals surface area (Å²) < 4.78 is 36.2. The molecule has 4 nitrogen and oxygen atoms in total. The molecule has 0 atom stereocenters. The maximum atomic E-state index is 12.6. The first-order valence-electron chi connectivity index (χ1n) is 4.62. The molecule has 6 heteroatoms. The molecule has 0 aromatic heterocycles. The Morgan fingerprint density at radius 3 is 2.38 bits per heavy atom. The quantitative estimate of drug-likeness (QED) is 0.785. The number of rotatable bonds is 5. The van der Waals surface area contributed by atoms with Gasteiger partial charge in [-0.1, -0.05) is 0 Å². The Kier molecular flexibility index (Phi) is 4.14. The summed E-state index contributed by atoms with van der Waals surface area (Å²) >= 11 is 0. The number of sulfonamides is 1. The van der Waals surface area contributed by atoms with Crippen LogP contribution in [0, 0.1) is 5.82 Å². The van der Waals surface area contributed by atoms with Gasteiger partial charge in [-0.3, -0.25) is 4.79 Å². The molecule has 0 saturated carbocycles. The summed E-state index contributed by atoms with van der Waals surface area (Å²) in [5.74, 6) is -0.637. The Balaban J connectivity index is 2.50. The van der Waals surface area contributed by atoms with E-state index in [-0.39, 0.29) is 18.7 Å². The van der Waals surface area contributed by atoms with Crippen molar-refractivity contribution in [1.82, 2.24) is 4.72 Å². The summed E-state index contributed by atoms with van der Waals surface area (Å²) in [5.41, 5.74) is 0.372. The van der Waals surface area contributed by atoms with Crippen molar-refractivity contribution in [2.75, 3.05) is 12.8 Å². The zero-order valence-electron chi connectivity index (χ0n) is 8.73. The van der Waals surface area contributed by atoms with E-state index in [1.54, 1.807) is 0 Å². The third kappa shape index (κ3) is 4.50. The fraction of sp³-hybridized carbons (Fsp3) is 0.300. The standard InChI is InChI=1S/C10H12FNO3S/c1-16(14,15)12-7-6-10(13)8-2-4-9(11)5-3-8/h2-5,12H,6-7H2,1H3. The van der Waals surface area contributed by atoms with Crippen LogP contribution in [-0.2, 0) is 10.0 Å². The van der Waals surface area contributed by atoms with Gasteiger partial charge in [-0.15, -0.1) is 0 Å². The van der Waals surface area contributed by atoms with Crippen molar-refractivity contribution < 1.29 is 17.6 Å². The first-order chi connectivity index (χ1) is 7.38. The highest BCUT2D eigenvalue weighted by atomic mass is 32.2. The van der Waals surface area contributed by atoms with Gasteiger partial charge >= 0.3 is 0 Å². The molecule has 0 aliphatic carbocycles. The molecular weight excluding hydrogens is 233 g/mol. The van der Waals surface area contributed by atoms with Crippen LogP contribution in [0.4, 0.5) is 4.39 Å². The van der Waals surface area contributed by atoms with E-state index in [9.17, 15) is 17.6 Å². The minimum Gasteiger partial charge on any atom is -0.294 e. The lowest BCUT2D eigenvalue weighted by Crippen LogP contribution is -2.24. The van der Waals surface area contributed by atoms with Gasteiger partial charge in [0.1, 0.15) is 5.82 Å². The van der Waals surface area contributed by atoms with Crippen molar-refractivity contribution in [1.29, 1.82) is 0 Å². The molecule has 0 spiro atoms. The third-order valence-corrected chi connectivity index (χ3v) is 2.61. The molecular formula is C10H12FNO3S. The predicted molar refractivity (Wildman–Crippen MR) is 58.2 cm³/mol. The van der Waals surface area contributed by atoms with Crippen LogP contribution in [0.15, 0.2) is 24.3 Å². The second-order valence-electron chi connectivity index (χ2n) is 3.35. The monoisotopic (exact) mass is 245 g/mol. The fourth-order valence-electron chi connectivity index (χ4n) is 1.13. The lowest BCUT2D eigenvalue weighted by Gasteiger charge is -2.02. The minimum atomic E-state index is -3.27. The van der Waals surface area contributed by atoms with Crippen LogP contribution < -0.4 is 4.72 Å². The van der Waals surface area contributed by atoms with Crippen molar-refractivity contribution in [3.05, 3.63) is 35.6 Å². The SMILES string of the molecule is CS(=O)(=O)NCCC(=O)c1ccc(F)cc1. The molecule has 0 bridgehead atoms. The highest BCUT2D eigenvalue weighted by molar-refractivity contribution is 7.88. The summed E-state index contributed by atoms with van der Waals surface area (Å²) in [7, 11) is -3.27. The second kappa shape index (κ2) is 5.18. The van der Waals surface area contributed by atoms with Gasteiger partial charge in [0, 0.05) is 18.5 Å². The third-order valence-electron chi connectivity index (χ3n) is 1.88. The zero-order valence-corrected chi connectivity index (χ0v) is 9.55. The number of carbonyl (C=O) groups is 1. The topological polar surface area (TPSA) is 63.2 Å². The highest BCUT2D eigenvalue weighted by Crippen LogP contribution is 2.05. The molecule has 0 amide bonds. The van der Waals surface area contributed by atoms with Crippen molar-refractivity contribution in [3.63, 3.8) is 0 Å². The zero-order chi connectivity index (χ0) is 12.2. The van der Waals surface area contributed by atoms with Gasteiger partial charge in [0.15, 0.2) is 5.78 Å². The number of hydrogen-bond donors (Lipinski definition) is 1. The van der Waals surface area contributed by atoms with E-state index in [1.807, 2.05) is 0 Å². The van der Waals surface area contributed by atoms with E-state index >= 15 is 0 Å². The van der Waals surface area contributed by atoms with Crippen LogP contribution in [0.2, 0.25) is 0 Å². The first-order valence-corrected chi connectivity index (χ1v) is 6.51. The average molecular weight is 245 g/mol. The molecule has 0 aliphatic heterocycles. The first kappa shape index (κ1) is 12.8. The molecule has 16 heavy (non-hydrogen) atoms. The molecule has 1 rings (SSSR count). The predicted octanol–water partition coefficient (Wildman–Crippen LogP) is 0.948. The number of nitrogens with one attached hydrogen (secondary N) is 1. The molecule has 1 N–H and O–H groups in total. The van der Waals surface area contributed by atoms with E-state index in [0.717, 1.165) is 6.26 Å². The summed E-state index contributed by atoms with van der Waals surface area (Å²) in [6.07, 6.45) is 1.08. The number of hydrogen-bond acceptors (Lipinski definition) is 3. The van der Waals surface area contributed by atoms with Crippen LogP contribution in [0.25, 0.3) is 0 Å². The molecule has 0 aliphatic rings.